The third-order valence-electron chi connectivity index (χ3n) is 4.78. The van der Waals surface area contributed by atoms with Crippen LogP contribution in [0.15, 0.2) is 35.3 Å². The standard InChI is InChI=1S/C18H20N4O4/c1-21-17(23)7-14(9-20-21)22-5-4-13(10-22)18(24)19-8-12-2-3-15-16(6-12)26-11-25-15/h2-3,6-7,9,13H,4-5,8,10-11H2,1H3,(H,19,24). The summed E-state index contributed by atoms with van der Waals surface area (Å²) in [4.78, 5) is 26.2. The van der Waals surface area contributed by atoms with Crippen LogP contribution in [0.4, 0.5) is 5.69 Å². The van der Waals surface area contributed by atoms with Crippen molar-refractivity contribution in [3.05, 3.63) is 46.4 Å². The summed E-state index contributed by atoms with van der Waals surface area (Å²) in [5, 5.41) is 7.02. The molecule has 1 saturated heterocycles. The van der Waals surface area contributed by atoms with Gasteiger partial charge >= 0.3 is 0 Å². The van der Waals surface area contributed by atoms with Gasteiger partial charge < -0.3 is 19.7 Å². The molecule has 1 aromatic heterocycles. The van der Waals surface area contributed by atoms with Gasteiger partial charge in [0.1, 0.15) is 0 Å². The molecule has 8 nitrogen and oxygen atoms in total. The van der Waals surface area contributed by atoms with Crippen molar-refractivity contribution in [2.75, 3.05) is 24.8 Å². The van der Waals surface area contributed by atoms with Crippen molar-refractivity contribution in [2.45, 2.75) is 13.0 Å². The lowest BCUT2D eigenvalue weighted by Gasteiger charge is -2.18. The summed E-state index contributed by atoms with van der Waals surface area (Å²) in [5.74, 6) is 1.35. The number of fused-ring (bicyclic) bond motifs is 1. The first-order valence-corrected chi connectivity index (χ1v) is 8.55. The molecular weight excluding hydrogens is 336 g/mol. The number of hydrogen-bond donors (Lipinski definition) is 1. The number of carbonyl (C=O) groups is 1. The molecule has 0 bridgehead atoms. The van der Waals surface area contributed by atoms with Crippen LogP contribution in [0.2, 0.25) is 0 Å². The summed E-state index contributed by atoms with van der Waals surface area (Å²) in [6.45, 7) is 2.00. The van der Waals surface area contributed by atoms with Crippen LogP contribution in [-0.4, -0.2) is 35.6 Å². The van der Waals surface area contributed by atoms with Gasteiger partial charge in [-0.3, -0.25) is 9.59 Å². The highest BCUT2D eigenvalue weighted by molar-refractivity contribution is 5.80. The van der Waals surface area contributed by atoms with Crippen molar-refractivity contribution in [3.63, 3.8) is 0 Å². The first-order valence-electron chi connectivity index (χ1n) is 8.55. The normalized spacial score (nSPS) is 18.2. The minimum atomic E-state index is -0.154. The molecule has 0 aliphatic carbocycles. The number of ether oxygens (including phenoxy) is 2. The fourth-order valence-corrected chi connectivity index (χ4v) is 3.23. The van der Waals surface area contributed by atoms with Gasteiger partial charge in [0.25, 0.3) is 5.56 Å². The van der Waals surface area contributed by atoms with Crippen molar-refractivity contribution in [2.24, 2.45) is 13.0 Å². The lowest BCUT2D eigenvalue weighted by atomic mass is 10.1. The maximum Gasteiger partial charge on any atom is 0.268 e. The highest BCUT2D eigenvalue weighted by Crippen LogP contribution is 2.32. The molecule has 1 fully saturated rings. The van der Waals surface area contributed by atoms with Gasteiger partial charge in [0.05, 0.1) is 17.8 Å². The van der Waals surface area contributed by atoms with Gasteiger partial charge in [-0.25, -0.2) is 4.68 Å². The van der Waals surface area contributed by atoms with Crippen LogP contribution in [0.25, 0.3) is 0 Å². The van der Waals surface area contributed by atoms with Crippen LogP contribution in [0, 0.1) is 5.92 Å². The van der Waals surface area contributed by atoms with E-state index in [1.807, 2.05) is 23.1 Å². The first kappa shape index (κ1) is 16.4. The van der Waals surface area contributed by atoms with Crippen LogP contribution in [-0.2, 0) is 18.4 Å². The van der Waals surface area contributed by atoms with Crippen LogP contribution in [0.5, 0.6) is 11.5 Å². The summed E-state index contributed by atoms with van der Waals surface area (Å²) >= 11 is 0. The van der Waals surface area contributed by atoms with Crippen molar-refractivity contribution < 1.29 is 14.3 Å². The number of rotatable bonds is 4. The fraction of sp³-hybridized carbons (Fsp3) is 0.389. The van der Waals surface area contributed by atoms with Gasteiger partial charge in [-0.15, -0.1) is 0 Å². The SMILES string of the molecule is Cn1ncc(N2CCC(C(=O)NCc3ccc4c(c3)OCO4)C2)cc1=O. The molecule has 0 spiro atoms. The van der Waals surface area contributed by atoms with E-state index in [-0.39, 0.29) is 24.2 Å². The number of aromatic nitrogens is 2. The number of nitrogens with one attached hydrogen (secondary N) is 1. The number of hydrogen-bond acceptors (Lipinski definition) is 6. The van der Waals surface area contributed by atoms with Crippen LogP contribution in [0.1, 0.15) is 12.0 Å². The van der Waals surface area contributed by atoms with Crippen molar-refractivity contribution >= 4 is 11.6 Å². The van der Waals surface area contributed by atoms with Crippen LogP contribution >= 0.6 is 0 Å². The molecule has 2 aliphatic rings. The van der Waals surface area contributed by atoms with Gasteiger partial charge in [0, 0.05) is 32.7 Å². The lowest BCUT2D eigenvalue weighted by Crippen LogP contribution is -2.32. The Hall–Kier alpha value is -3.03. The zero-order valence-corrected chi connectivity index (χ0v) is 14.5. The van der Waals surface area contributed by atoms with Gasteiger partial charge in [0.15, 0.2) is 11.5 Å². The zero-order chi connectivity index (χ0) is 18.1. The predicted molar refractivity (Wildman–Crippen MR) is 94.2 cm³/mol. The molecule has 2 aromatic rings. The molecule has 2 aliphatic heterocycles. The molecule has 1 amide bonds. The number of nitrogens with zero attached hydrogens (tertiary/aromatic N) is 3. The van der Waals surface area contributed by atoms with E-state index in [0.717, 1.165) is 30.0 Å². The van der Waals surface area contributed by atoms with Crippen LogP contribution in [0.3, 0.4) is 0 Å². The average Bonchev–Trinajstić information content (AvgIpc) is 3.30. The quantitative estimate of drug-likeness (QED) is 0.866. The third-order valence-corrected chi connectivity index (χ3v) is 4.78. The topological polar surface area (TPSA) is 85.7 Å². The average molecular weight is 356 g/mol. The Morgan fingerprint density at radius 1 is 1.31 bits per heavy atom. The first-order chi connectivity index (χ1) is 12.6. The van der Waals surface area contributed by atoms with Crippen molar-refractivity contribution in [1.82, 2.24) is 15.1 Å². The molecule has 8 heteroatoms. The molecule has 4 rings (SSSR count). The Morgan fingerprint density at radius 2 is 2.15 bits per heavy atom. The van der Waals surface area contributed by atoms with E-state index in [4.69, 9.17) is 9.47 Å². The summed E-state index contributed by atoms with van der Waals surface area (Å²) in [7, 11) is 1.61. The summed E-state index contributed by atoms with van der Waals surface area (Å²) < 4.78 is 11.9. The van der Waals surface area contributed by atoms with Crippen molar-refractivity contribution in [3.8, 4) is 11.5 Å². The Morgan fingerprint density at radius 3 is 3.00 bits per heavy atom. The molecule has 1 atom stereocenters. The minimum absolute atomic E-state index is 0.0157. The third kappa shape index (κ3) is 3.22. The molecular formula is C18H20N4O4. The largest absolute Gasteiger partial charge is 0.454 e. The Kier molecular flexibility index (Phi) is 4.24. The van der Waals surface area contributed by atoms with Crippen molar-refractivity contribution in [1.29, 1.82) is 0 Å². The molecule has 0 radical (unpaired) electrons. The zero-order valence-electron chi connectivity index (χ0n) is 14.5. The summed E-state index contributed by atoms with van der Waals surface area (Å²) in [5.41, 5.74) is 1.57. The monoisotopic (exact) mass is 356 g/mol. The Bertz CT molecular complexity index is 895. The maximum absolute atomic E-state index is 12.5. The predicted octanol–water partition coefficient (Wildman–Crippen LogP) is 0.652. The highest BCUT2D eigenvalue weighted by atomic mass is 16.7. The summed E-state index contributed by atoms with van der Waals surface area (Å²) in [6.07, 6.45) is 2.41. The van der Waals surface area contributed by atoms with E-state index in [2.05, 4.69) is 10.4 Å². The number of anilines is 1. The molecule has 3 heterocycles. The second kappa shape index (κ2) is 6.70. The van der Waals surface area contributed by atoms with E-state index in [0.29, 0.717) is 18.8 Å². The van der Waals surface area contributed by atoms with E-state index in [1.54, 1.807) is 19.3 Å². The Labute approximate surface area is 150 Å². The number of benzene rings is 1. The Balaban J connectivity index is 1.34. The van der Waals surface area contributed by atoms with E-state index < -0.39 is 0 Å². The smallest absolute Gasteiger partial charge is 0.268 e. The summed E-state index contributed by atoms with van der Waals surface area (Å²) in [6, 6.07) is 7.21. The van der Waals surface area contributed by atoms with E-state index >= 15 is 0 Å². The lowest BCUT2D eigenvalue weighted by molar-refractivity contribution is -0.124. The minimum Gasteiger partial charge on any atom is -0.454 e. The van der Waals surface area contributed by atoms with Gasteiger partial charge in [-0.1, -0.05) is 6.07 Å². The maximum atomic E-state index is 12.5. The van der Waals surface area contributed by atoms with Gasteiger partial charge in [-0.05, 0) is 24.1 Å². The number of amides is 1. The number of aryl methyl sites for hydroxylation is 1. The van der Waals surface area contributed by atoms with Crippen LogP contribution < -0.4 is 25.2 Å². The van der Waals surface area contributed by atoms with E-state index in [1.165, 1.54) is 4.68 Å². The second-order valence-electron chi connectivity index (χ2n) is 6.51. The number of carbonyl (C=O) groups excluding carboxylic acids is 1. The molecule has 1 unspecified atom stereocenters. The molecule has 1 aromatic carbocycles. The fourth-order valence-electron chi connectivity index (χ4n) is 3.23. The molecule has 136 valence electrons. The van der Waals surface area contributed by atoms with Gasteiger partial charge in [-0.2, -0.15) is 5.10 Å². The second-order valence-corrected chi connectivity index (χ2v) is 6.51. The highest BCUT2D eigenvalue weighted by Gasteiger charge is 2.28. The van der Waals surface area contributed by atoms with E-state index in [9.17, 15) is 9.59 Å². The molecule has 0 saturated carbocycles. The molecule has 1 N–H and O–H groups in total. The van der Waals surface area contributed by atoms with Gasteiger partial charge in [0.2, 0.25) is 12.7 Å². The molecule has 26 heavy (non-hydrogen) atoms.